The fourth-order valence-electron chi connectivity index (χ4n) is 0. The second-order valence-corrected chi connectivity index (χ2v) is 3.80. The van der Waals surface area contributed by atoms with Crippen molar-refractivity contribution in [1.82, 2.24) is 0 Å². The maximum Gasteiger partial charge on any atom is 3.00 e. The SMILES string of the molecule is [Bi+3].[O-][I+2]([O-])[O-].[O-][I+2]([O-])[O-].[O-][I+2]([O-])[O-]. The van der Waals surface area contributed by atoms with Crippen LogP contribution in [0.25, 0.3) is 0 Å². The van der Waals surface area contributed by atoms with Gasteiger partial charge in [-0.1, -0.05) is 0 Å². The summed E-state index contributed by atoms with van der Waals surface area (Å²) in [5.41, 5.74) is 0. The first-order valence-electron chi connectivity index (χ1n) is 1.39. The van der Waals surface area contributed by atoms with Gasteiger partial charge in [0.15, 0.2) is 0 Å². The second-order valence-electron chi connectivity index (χ2n) is 0.567. The van der Waals surface area contributed by atoms with E-state index >= 15 is 0 Å². The van der Waals surface area contributed by atoms with Crippen molar-refractivity contribution in [3.8, 4) is 0 Å². The summed E-state index contributed by atoms with van der Waals surface area (Å²) in [6.07, 6.45) is 0. The first kappa shape index (κ1) is 24.8. The fraction of sp³-hybridized carbons (Fsp3) is 0. The van der Waals surface area contributed by atoms with E-state index in [9.17, 15) is 0 Å². The molecule has 13 heavy (non-hydrogen) atoms. The van der Waals surface area contributed by atoms with Crippen LogP contribution in [0.4, 0.5) is 0 Å². The zero-order valence-electron chi connectivity index (χ0n) is 5.26. The fourth-order valence-corrected chi connectivity index (χ4v) is 0. The van der Waals surface area contributed by atoms with Gasteiger partial charge in [0.1, 0.15) is 0 Å². The van der Waals surface area contributed by atoms with Crippen molar-refractivity contribution in [3.63, 3.8) is 0 Å². The summed E-state index contributed by atoms with van der Waals surface area (Å²) in [6.45, 7) is 0. The minimum absolute atomic E-state index is 0. The van der Waals surface area contributed by atoms with E-state index in [1.54, 1.807) is 0 Å². The van der Waals surface area contributed by atoms with Crippen LogP contribution in [-0.4, -0.2) is 26.2 Å². The molecule has 13 heteroatoms. The van der Waals surface area contributed by atoms with Crippen LogP contribution in [0.3, 0.4) is 0 Å². The van der Waals surface area contributed by atoms with Gasteiger partial charge in [0.05, 0.1) is 0 Å². The van der Waals surface area contributed by atoms with Crippen LogP contribution in [0.5, 0.6) is 0 Å². The van der Waals surface area contributed by atoms with E-state index in [-0.39, 0.29) is 26.2 Å². The van der Waals surface area contributed by atoms with Gasteiger partial charge in [0.2, 0.25) is 0 Å². The standard InChI is InChI=1S/Bi.3IO3/c;3*2-1(3)4/q+3;3*-1. The molecule has 0 aromatic rings. The molecular formula is BiI3O9. The Bertz CT molecular complexity index is 43.4. The van der Waals surface area contributed by atoms with Crippen LogP contribution in [0.15, 0.2) is 0 Å². The Balaban J connectivity index is -0.0000000450. The van der Waals surface area contributed by atoms with E-state index in [1.807, 2.05) is 0 Å². The summed E-state index contributed by atoms with van der Waals surface area (Å²) < 4.78 is 77.2. The molecule has 0 aromatic carbocycles. The molecule has 2 radical (unpaired) electrons. The van der Waals surface area contributed by atoms with Gasteiger partial charge in [-0.3, -0.25) is 0 Å². The molecule has 0 saturated heterocycles. The molecule has 0 unspecified atom stereocenters. The average Bonchev–Trinajstić information content (AvgIpc) is 1.54. The molecule has 0 aliphatic rings. The minimum Gasteiger partial charge on any atom is -0.427 e. The molecule has 0 atom stereocenters. The van der Waals surface area contributed by atoms with Gasteiger partial charge >= 0.3 is 26.2 Å². The Morgan fingerprint density at radius 2 is 0.385 bits per heavy atom. The molecule has 0 amide bonds. The molecule has 0 aliphatic heterocycles. The smallest absolute Gasteiger partial charge is 0.427 e. The zero-order valence-corrected chi connectivity index (χ0v) is 15.2. The van der Waals surface area contributed by atoms with Crippen LogP contribution in [-0.2, 0) is 0 Å². The van der Waals surface area contributed by atoms with E-state index < -0.39 is 63.2 Å². The predicted octanol–water partition coefficient (Wildman–Crippen LogP) is -20.1. The Hall–Kier alpha value is 2.71. The van der Waals surface area contributed by atoms with E-state index in [4.69, 9.17) is 30.9 Å². The third-order valence-electron chi connectivity index (χ3n) is 0. The number of rotatable bonds is 0. The molecule has 0 N–H and O–H groups in total. The van der Waals surface area contributed by atoms with Crippen LogP contribution in [0, 0.1) is 0 Å². The van der Waals surface area contributed by atoms with Crippen molar-refractivity contribution in [2.75, 3.05) is 0 Å². The molecule has 80 valence electrons. The molecule has 0 bridgehead atoms. The molecule has 0 spiro atoms. The molecular weight excluding hydrogens is 734 g/mol. The largest absolute Gasteiger partial charge is 3.00 e. The van der Waals surface area contributed by atoms with Crippen molar-refractivity contribution < 1.29 is 94.1 Å². The van der Waals surface area contributed by atoms with Gasteiger partial charge in [0.25, 0.3) is 63.2 Å². The van der Waals surface area contributed by atoms with Crippen molar-refractivity contribution in [3.05, 3.63) is 0 Å². The molecule has 0 aromatic heterocycles. The van der Waals surface area contributed by atoms with Crippen LogP contribution >= 0.6 is 0 Å². The normalized spacial score (nSPS) is 8.31. The van der Waals surface area contributed by atoms with Gasteiger partial charge in [-0.05, 0) is 0 Å². The van der Waals surface area contributed by atoms with Crippen molar-refractivity contribution in [2.45, 2.75) is 0 Å². The molecule has 0 aliphatic carbocycles. The van der Waals surface area contributed by atoms with E-state index in [0.717, 1.165) is 0 Å². The van der Waals surface area contributed by atoms with Gasteiger partial charge in [-0.2, -0.15) is 0 Å². The molecule has 0 heterocycles. The van der Waals surface area contributed by atoms with E-state index in [0.29, 0.717) is 0 Å². The van der Waals surface area contributed by atoms with Crippen molar-refractivity contribution in [2.24, 2.45) is 0 Å². The van der Waals surface area contributed by atoms with E-state index in [2.05, 4.69) is 0 Å². The van der Waals surface area contributed by atoms with Crippen LogP contribution < -0.4 is 94.1 Å². The maximum absolute atomic E-state index is 8.57. The summed E-state index contributed by atoms with van der Waals surface area (Å²) in [7, 11) is 0. The average molecular weight is 734 g/mol. The van der Waals surface area contributed by atoms with Crippen molar-refractivity contribution in [1.29, 1.82) is 0 Å². The van der Waals surface area contributed by atoms with Gasteiger partial charge in [-0.25, -0.2) is 0 Å². The topological polar surface area (TPSA) is 208 Å². The van der Waals surface area contributed by atoms with Gasteiger partial charge < -0.3 is 30.9 Å². The number of hydrogen-bond acceptors (Lipinski definition) is 9. The summed E-state index contributed by atoms with van der Waals surface area (Å²) in [4.78, 5) is 0. The molecule has 9 nitrogen and oxygen atoms in total. The minimum atomic E-state index is -4.01. The first-order chi connectivity index (χ1) is 5.20. The van der Waals surface area contributed by atoms with Crippen molar-refractivity contribution >= 4 is 26.2 Å². The third kappa shape index (κ3) is 323. The first-order valence-corrected chi connectivity index (χ1v) is 9.32. The molecule has 0 fully saturated rings. The van der Waals surface area contributed by atoms with Gasteiger partial charge in [0, 0.05) is 0 Å². The zero-order chi connectivity index (χ0) is 10.7. The monoisotopic (exact) mass is 734 g/mol. The second kappa shape index (κ2) is 20.2. The Kier molecular flexibility index (Phi) is 38.5. The summed E-state index contributed by atoms with van der Waals surface area (Å²) >= 11 is -12.0. The summed E-state index contributed by atoms with van der Waals surface area (Å²) in [6, 6.07) is 0. The van der Waals surface area contributed by atoms with Crippen LogP contribution in [0.2, 0.25) is 0 Å². The van der Waals surface area contributed by atoms with E-state index in [1.165, 1.54) is 0 Å². The summed E-state index contributed by atoms with van der Waals surface area (Å²) in [5.74, 6) is 0. The van der Waals surface area contributed by atoms with Crippen LogP contribution in [0.1, 0.15) is 0 Å². The van der Waals surface area contributed by atoms with Gasteiger partial charge in [-0.15, -0.1) is 0 Å². The Morgan fingerprint density at radius 3 is 0.385 bits per heavy atom. The Labute approximate surface area is 118 Å². The number of hydrogen-bond donors (Lipinski definition) is 0. The third-order valence-corrected chi connectivity index (χ3v) is 0. The number of halogens is 3. The molecule has 0 rings (SSSR count). The Morgan fingerprint density at radius 1 is 0.385 bits per heavy atom. The molecule has 0 saturated carbocycles. The predicted molar refractivity (Wildman–Crippen MR) is 5.75 cm³/mol. The maximum atomic E-state index is 8.57. The summed E-state index contributed by atoms with van der Waals surface area (Å²) in [5, 5.41) is 0. The quantitative estimate of drug-likeness (QED) is 0.171.